The van der Waals surface area contributed by atoms with Crippen molar-refractivity contribution < 1.29 is 4.92 Å². The Kier molecular flexibility index (Phi) is 1.95. The summed E-state index contributed by atoms with van der Waals surface area (Å²) in [6, 6.07) is 3.24. The summed E-state index contributed by atoms with van der Waals surface area (Å²) in [6.45, 7) is 1.82. The van der Waals surface area contributed by atoms with Crippen molar-refractivity contribution in [1.29, 1.82) is 0 Å². The van der Waals surface area contributed by atoms with Gasteiger partial charge in [0, 0.05) is 19.2 Å². The van der Waals surface area contributed by atoms with Gasteiger partial charge in [-0.1, -0.05) is 0 Å². The number of nitrogens with two attached hydrogens (primary N) is 1. The average Bonchev–Trinajstić information content (AvgIpc) is 2.04. The predicted molar refractivity (Wildman–Crippen MR) is 52.1 cm³/mol. The van der Waals surface area contributed by atoms with Gasteiger partial charge < -0.3 is 20.7 Å². The second-order valence-corrected chi connectivity index (χ2v) is 3.18. The van der Waals surface area contributed by atoms with Gasteiger partial charge in [-0.25, -0.2) is 0 Å². The predicted octanol–water partition coefficient (Wildman–Crippen LogP) is 0.782. The van der Waals surface area contributed by atoms with Crippen molar-refractivity contribution in [3.8, 4) is 0 Å². The van der Waals surface area contributed by atoms with E-state index in [0.717, 1.165) is 19.5 Å². The van der Waals surface area contributed by atoms with Crippen LogP contribution >= 0.6 is 0 Å². The second-order valence-electron chi connectivity index (χ2n) is 3.18. The van der Waals surface area contributed by atoms with Gasteiger partial charge in [0.2, 0.25) is 5.82 Å². The van der Waals surface area contributed by atoms with Crippen LogP contribution in [0.5, 0.6) is 0 Å². The van der Waals surface area contributed by atoms with Crippen molar-refractivity contribution in [3.05, 3.63) is 22.2 Å². The molecular weight excluding hydrogens is 184 g/mol. The fraction of sp³-hybridized carbons (Fsp3) is 0.375. The van der Waals surface area contributed by atoms with E-state index >= 15 is 0 Å². The topological polar surface area (TPSA) is 85.3 Å². The van der Waals surface area contributed by atoms with Crippen molar-refractivity contribution in [2.75, 3.05) is 23.7 Å². The zero-order valence-corrected chi connectivity index (χ0v) is 7.51. The van der Waals surface area contributed by atoms with Gasteiger partial charge in [-0.05, 0) is 22.4 Å². The SMILES string of the molecule is Nc1ccc(N2CCC2)nc1[N+](=O)[O-]. The van der Waals surface area contributed by atoms with Crippen molar-refractivity contribution in [3.63, 3.8) is 0 Å². The maximum atomic E-state index is 10.5. The first-order valence-corrected chi connectivity index (χ1v) is 4.34. The number of hydrogen-bond donors (Lipinski definition) is 1. The highest BCUT2D eigenvalue weighted by molar-refractivity contribution is 5.58. The minimum absolute atomic E-state index is 0.110. The van der Waals surface area contributed by atoms with Gasteiger partial charge in [-0.3, -0.25) is 0 Å². The lowest BCUT2D eigenvalue weighted by molar-refractivity contribution is -0.388. The molecule has 6 heteroatoms. The van der Waals surface area contributed by atoms with Crippen LogP contribution in [-0.2, 0) is 0 Å². The fourth-order valence-electron chi connectivity index (χ4n) is 1.32. The summed E-state index contributed by atoms with van der Waals surface area (Å²) >= 11 is 0. The number of nitrogen functional groups attached to an aromatic ring is 1. The van der Waals surface area contributed by atoms with Crippen LogP contribution in [0.4, 0.5) is 17.3 Å². The molecule has 0 aromatic carbocycles. The summed E-state index contributed by atoms with van der Waals surface area (Å²) < 4.78 is 0. The van der Waals surface area contributed by atoms with Gasteiger partial charge in [0.05, 0.1) is 0 Å². The molecule has 0 bridgehead atoms. The summed E-state index contributed by atoms with van der Waals surface area (Å²) in [5.74, 6) is 0.381. The minimum Gasteiger partial charge on any atom is -0.392 e. The molecule has 2 heterocycles. The highest BCUT2D eigenvalue weighted by Crippen LogP contribution is 2.25. The van der Waals surface area contributed by atoms with Gasteiger partial charge in [0.1, 0.15) is 5.69 Å². The molecule has 0 atom stereocenters. The third kappa shape index (κ3) is 1.34. The van der Waals surface area contributed by atoms with Gasteiger partial charge >= 0.3 is 5.82 Å². The number of nitrogens with zero attached hydrogens (tertiary/aromatic N) is 3. The average molecular weight is 194 g/mol. The molecule has 1 aromatic rings. The highest BCUT2D eigenvalue weighted by Gasteiger charge is 2.22. The third-order valence-electron chi connectivity index (χ3n) is 2.24. The van der Waals surface area contributed by atoms with Crippen molar-refractivity contribution >= 4 is 17.3 Å². The molecule has 0 aliphatic carbocycles. The van der Waals surface area contributed by atoms with E-state index in [-0.39, 0.29) is 11.5 Å². The molecular formula is C8H10N4O2. The minimum atomic E-state index is -0.557. The van der Waals surface area contributed by atoms with Crippen LogP contribution in [-0.4, -0.2) is 23.0 Å². The molecule has 74 valence electrons. The quantitative estimate of drug-likeness (QED) is 0.555. The number of aromatic nitrogens is 1. The number of nitro groups is 1. The number of rotatable bonds is 2. The van der Waals surface area contributed by atoms with Crippen LogP contribution in [0.25, 0.3) is 0 Å². The van der Waals surface area contributed by atoms with E-state index in [4.69, 9.17) is 5.73 Å². The standard InChI is InChI=1S/C8H10N4O2/c9-6-2-3-7(11-4-1-5-11)10-8(6)12(13)14/h2-3H,1,4-5,9H2. The zero-order chi connectivity index (χ0) is 10.1. The van der Waals surface area contributed by atoms with E-state index in [1.165, 1.54) is 6.07 Å². The van der Waals surface area contributed by atoms with E-state index in [2.05, 4.69) is 4.98 Å². The molecule has 0 amide bonds. The molecule has 1 aliphatic rings. The van der Waals surface area contributed by atoms with Gasteiger partial charge in [-0.15, -0.1) is 0 Å². The third-order valence-corrected chi connectivity index (χ3v) is 2.24. The molecule has 1 aliphatic heterocycles. The summed E-state index contributed by atoms with van der Waals surface area (Å²) in [5, 5.41) is 10.5. The van der Waals surface area contributed by atoms with Crippen LogP contribution in [0.3, 0.4) is 0 Å². The van der Waals surface area contributed by atoms with Crippen LogP contribution in [0, 0.1) is 10.1 Å². The molecule has 0 spiro atoms. The Balaban J connectivity index is 2.34. The van der Waals surface area contributed by atoms with E-state index in [0.29, 0.717) is 5.82 Å². The van der Waals surface area contributed by atoms with Crippen molar-refractivity contribution in [2.45, 2.75) is 6.42 Å². The Morgan fingerprint density at radius 1 is 1.50 bits per heavy atom. The summed E-state index contributed by atoms with van der Waals surface area (Å²) in [5.41, 5.74) is 5.54. The lowest BCUT2D eigenvalue weighted by atomic mass is 10.2. The van der Waals surface area contributed by atoms with E-state index in [1.54, 1.807) is 6.07 Å². The Morgan fingerprint density at radius 2 is 2.21 bits per heavy atom. The van der Waals surface area contributed by atoms with E-state index < -0.39 is 4.92 Å². The molecule has 14 heavy (non-hydrogen) atoms. The van der Waals surface area contributed by atoms with Crippen LogP contribution in [0.1, 0.15) is 6.42 Å². The number of pyridine rings is 1. The zero-order valence-electron chi connectivity index (χ0n) is 7.51. The van der Waals surface area contributed by atoms with Gasteiger partial charge in [0.15, 0.2) is 0 Å². The lowest BCUT2D eigenvalue weighted by Gasteiger charge is -2.29. The van der Waals surface area contributed by atoms with Crippen LogP contribution < -0.4 is 10.6 Å². The molecule has 2 N–H and O–H groups in total. The normalized spacial score (nSPS) is 15.0. The molecule has 1 saturated heterocycles. The first-order valence-electron chi connectivity index (χ1n) is 4.34. The first-order chi connectivity index (χ1) is 6.68. The Bertz CT molecular complexity index is 376. The largest absolute Gasteiger partial charge is 0.392 e. The van der Waals surface area contributed by atoms with Crippen LogP contribution in [0.2, 0.25) is 0 Å². The summed E-state index contributed by atoms with van der Waals surface area (Å²) in [7, 11) is 0. The Hall–Kier alpha value is -1.85. The molecule has 6 nitrogen and oxygen atoms in total. The Morgan fingerprint density at radius 3 is 2.71 bits per heavy atom. The maximum Gasteiger partial charge on any atom is 0.388 e. The van der Waals surface area contributed by atoms with Gasteiger partial charge in [-0.2, -0.15) is 0 Å². The van der Waals surface area contributed by atoms with E-state index in [9.17, 15) is 10.1 Å². The van der Waals surface area contributed by atoms with E-state index in [1.807, 2.05) is 4.90 Å². The van der Waals surface area contributed by atoms with Crippen molar-refractivity contribution in [1.82, 2.24) is 4.98 Å². The highest BCUT2D eigenvalue weighted by atomic mass is 16.6. The number of hydrogen-bond acceptors (Lipinski definition) is 5. The van der Waals surface area contributed by atoms with Crippen LogP contribution in [0.15, 0.2) is 12.1 Å². The first kappa shape index (κ1) is 8.74. The Labute approximate surface area is 80.5 Å². The monoisotopic (exact) mass is 194 g/mol. The summed E-state index contributed by atoms with van der Waals surface area (Å²) in [4.78, 5) is 15.9. The molecule has 0 saturated carbocycles. The summed E-state index contributed by atoms with van der Waals surface area (Å²) in [6.07, 6.45) is 1.11. The van der Waals surface area contributed by atoms with Crippen molar-refractivity contribution in [2.24, 2.45) is 0 Å². The fourth-order valence-corrected chi connectivity index (χ4v) is 1.32. The molecule has 0 unspecified atom stereocenters. The molecule has 0 radical (unpaired) electrons. The molecule has 1 aromatic heterocycles. The maximum absolute atomic E-state index is 10.5. The second kappa shape index (κ2) is 3.13. The molecule has 1 fully saturated rings. The number of anilines is 2. The smallest absolute Gasteiger partial charge is 0.388 e. The lowest BCUT2D eigenvalue weighted by Crippen LogP contribution is -2.37. The van der Waals surface area contributed by atoms with Gasteiger partial charge in [0.25, 0.3) is 0 Å². The molecule has 2 rings (SSSR count).